The maximum atomic E-state index is 12.7. The molecule has 0 atom stereocenters. The highest BCUT2D eigenvalue weighted by atomic mass is 16.2. The number of aryl methyl sites for hydroxylation is 2. The Kier molecular flexibility index (Phi) is 4.76. The number of carbonyl (C=O) groups is 1. The van der Waals surface area contributed by atoms with Crippen LogP contribution in [0.1, 0.15) is 44.0 Å². The molecule has 0 aliphatic carbocycles. The molecule has 0 unspecified atom stereocenters. The summed E-state index contributed by atoms with van der Waals surface area (Å²) in [5, 5.41) is 6.45. The number of aromatic nitrogens is 1. The van der Waals surface area contributed by atoms with Gasteiger partial charge in [0.25, 0.3) is 0 Å². The number of pyridine rings is 1. The van der Waals surface area contributed by atoms with Crippen molar-refractivity contribution in [3.05, 3.63) is 23.5 Å². The summed E-state index contributed by atoms with van der Waals surface area (Å²) in [4.78, 5) is 17.2. The van der Waals surface area contributed by atoms with E-state index in [-0.39, 0.29) is 11.3 Å². The summed E-state index contributed by atoms with van der Waals surface area (Å²) in [6, 6.07) is 3.90. The van der Waals surface area contributed by atoms with Crippen molar-refractivity contribution in [2.75, 3.05) is 18.4 Å². The van der Waals surface area contributed by atoms with E-state index in [2.05, 4.69) is 22.5 Å². The van der Waals surface area contributed by atoms with Gasteiger partial charge < -0.3 is 10.6 Å². The Morgan fingerprint density at radius 3 is 2.65 bits per heavy atom. The Labute approximate surface area is 121 Å². The van der Waals surface area contributed by atoms with Crippen molar-refractivity contribution >= 4 is 11.6 Å². The normalized spacial score (nSPS) is 17.8. The number of hydrogen-bond acceptors (Lipinski definition) is 3. The van der Waals surface area contributed by atoms with Gasteiger partial charge in [-0.15, -0.1) is 0 Å². The van der Waals surface area contributed by atoms with Crippen LogP contribution in [-0.2, 0) is 4.79 Å². The van der Waals surface area contributed by atoms with Crippen molar-refractivity contribution in [2.45, 2.75) is 46.5 Å². The molecule has 2 rings (SSSR count). The summed E-state index contributed by atoms with van der Waals surface area (Å²) in [6.07, 6.45) is 3.84. The SMILES string of the molecule is CCCC1(C(=O)Nc2ccc(C)nc2C)CCNCC1. The molecule has 0 saturated carbocycles. The molecule has 1 aromatic heterocycles. The maximum Gasteiger partial charge on any atom is 0.230 e. The number of piperidine rings is 1. The van der Waals surface area contributed by atoms with E-state index in [1.165, 1.54) is 0 Å². The van der Waals surface area contributed by atoms with E-state index in [1.807, 2.05) is 26.0 Å². The number of rotatable bonds is 4. The Morgan fingerprint density at radius 2 is 2.05 bits per heavy atom. The van der Waals surface area contributed by atoms with E-state index in [4.69, 9.17) is 0 Å². The second kappa shape index (κ2) is 6.35. The van der Waals surface area contributed by atoms with Crippen molar-refractivity contribution in [1.82, 2.24) is 10.3 Å². The molecule has 1 saturated heterocycles. The Balaban J connectivity index is 2.15. The van der Waals surface area contributed by atoms with Crippen LogP contribution in [0.15, 0.2) is 12.1 Å². The molecule has 0 bridgehead atoms. The van der Waals surface area contributed by atoms with Gasteiger partial charge in [0.05, 0.1) is 16.8 Å². The van der Waals surface area contributed by atoms with Crippen LogP contribution in [0.4, 0.5) is 5.69 Å². The van der Waals surface area contributed by atoms with Gasteiger partial charge in [0.2, 0.25) is 5.91 Å². The second-order valence-electron chi connectivity index (χ2n) is 5.82. The average Bonchev–Trinajstić information content (AvgIpc) is 2.43. The van der Waals surface area contributed by atoms with E-state index in [9.17, 15) is 4.79 Å². The van der Waals surface area contributed by atoms with Gasteiger partial charge in [0.1, 0.15) is 0 Å². The molecule has 2 N–H and O–H groups in total. The first-order valence-electron chi connectivity index (χ1n) is 7.54. The highest BCUT2D eigenvalue weighted by Crippen LogP contribution is 2.35. The highest BCUT2D eigenvalue weighted by molar-refractivity contribution is 5.95. The van der Waals surface area contributed by atoms with Gasteiger partial charge in [-0.05, 0) is 58.3 Å². The number of carbonyl (C=O) groups excluding carboxylic acids is 1. The number of nitrogens with zero attached hydrogens (tertiary/aromatic N) is 1. The lowest BCUT2D eigenvalue weighted by Gasteiger charge is -2.36. The Hall–Kier alpha value is -1.42. The lowest BCUT2D eigenvalue weighted by Crippen LogP contribution is -2.45. The molecular formula is C16H25N3O. The summed E-state index contributed by atoms with van der Waals surface area (Å²) in [5.74, 6) is 0.162. The monoisotopic (exact) mass is 275 g/mol. The van der Waals surface area contributed by atoms with E-state index in [0.717, 1.165) is 55.8 Å². The van der Waals surface area contributed by atoms with Crippen molar-refractivity contribution < 1.29 is 4.79 Å². The van der Waals surface area contributed by atoms with Crippen LogP contribution in [0.3, 0.4) is 0 Å². The fourth-order valence-electron chi connectivity index (χ4n) is 3.05. The van der Waals surface area contributed by atoms with Gasteiger partial charge in [-0.25, -0.2) is 0 Å². The molecule has 20 heavy (non-hydrogen) atoms. The molecule has 0 radical (unpaired) electrons. The summed E-state index contributed by atoms with van der Waals surface area (Å²) >= 11 is 0. The van der Waals surface area contributed by atoms with Crippen LogP contribution in [-0.4, -0.2) is 24.0 Å². The molecule has 1 amide bonds. The van der Waals surface area contributed by atoms with Gasteiger partial charge in [-0.3, -0.25) is 9.78 Å². The zero-order valence-electron chi connectivity index (χ0n) is 12.8. The minimum Gasteiger partial charge on any atom is -0.324 e. The predicted octanol–water partition coefficient (Wildman–Crippen LogP) is 2.81. The van der Waals surface area contributed by atoms with Gasteiger partial charge >= 0.3 is 0 Å². The Morgan fingerprint density at radius 1 is 1.35 bits per heavy atom. The number of nitrogens with one attached hydrogen (secondary N) is 2. The smallest absolute Gasteiger partial charge is 0.230 e. The number of hydrogen-bond donors (Lipinski definition) is 2. The molecule has 0 aromatic carbocycles. The standard InChI is InChI=1S/C16H25N3O/c1-4-7-16(8-10-17-11-9-16)15(20)19-14-6-5-12(2)18-13(14)3/h5-6,17H,4,7-11H2,1-3H3,(H,19,20). The first-order valence-corrected chi connectivity index (χ1v) is 7.54. The number of amides is 1. The van der Waals surface area contributed by atoms with E-state index in [1.54, 1.807) is 0 Å². The predicted molar refractivity (Wildman–Crippen MR) is 81.8 cm³/mol. The largest absolute Gasteiger partial charge is 0.324 e. The topological polar surface area (TPSA) is 54.0 Å². The van der Waals surface area contributed by atoms with Gasteiger partial charge in [0.15, 0.2) is 0 Å². The second-order valence-corrected chi connectivity index (χ2v) is 5.82. The third-order valence-electron chi connectivity index (χ3n) is 4.24. The van der Waals surface area contributed by atoms with Crippen molar-refractivity contribution in [2.24, 2.45) is 5.41 Å². The quantitative estimate of drug-likeness (QED) is 0.888. The average molecular weight is 275 g/mol. The van der Waals surface area contributed by atoms with Crippen LogP contribution in [0.25, 0.3) is 0 Å². The molecule has 1 aromatic rings. The fraction of sp³-hybridized carbons (Fsp3) is 0.625. The maximum absolute atomic E-state index is 12.7. The van der Waals surface area contributed by atoms with E-state index >= 15 is 0 Å². The molecule has 1 aliphatic heterocycles. The van der Waals surface area contributed by atoms with Crippen molar-refractivity contribution in [1.29, 1.82) is 0 Å². The molecular weight excluding hydrogens is 250 g/mol. The van der Waals surface area contributed by atoms with E-state index < -0.39 is 0 Å². The first-order chi connectivity index (χ1) is 9.57. The third-order valence-corrected chi connectivity index (χ3v) is 4.24. The zero-order valence-corrected chi connectivity index (χ0v) is 12.8. The van der Waals surface area contributed by atoms with Gasteiger partial charge in [-0.1, -0.05) is 13.3 Å². The molecule has 4 nitrogen and oxygen atoms in total. The number of anilines is 1. The molecule has 2 heterocycles. The summed E-state index contributed by atoms with van der Waals surface area (Å²) < 4.78 is 0. The molecule has 110 valence electrons. The lowest BCUT2D eigenvalue weighted by molar-refractivity contribution is -0.127. The van der Waals surface area contributed by atoms with Gasteiger partial charge in [-0.2, -0.15) is 0 Å². The van der Waals surface area contributed by atoms with Crippen LogP contribution < -0.4 is 10.6 Å². The van der Waals surface area contributed by atoms with Crippen LogP contribution in [0.2, 0.25) is 0 Å². The molecule has 1 fully saturated rings. The van der Waals surface area contributed by atoms with Crippen LogP contribution in [0.5, 0.6) is 0 Å². The van der Waals surface area contributed by atoms with Crippen LogP contribution >= 0.6 is 0 Å². The fourth-order valence-corrected chi connectivity index (χ4v) is 3.05. The van der Waals surface area contributed by atoms with Crippen molar-refractivity contribution in [3.63, 3.8) is 0 Å². The zero-order chi connectivity index (χ0) is 14.6. The lowest BCUT2D eigenvalue weighted by atomic mass is 9.74. The van der Waals surface area contributed by atoms with Crippen molar-refractivity contribution in [3.8, 4) is 0 Å². The third kappa shape index (κ3) is 3.18. The molecule has 0 spiro atoms. The van der Waals surface area contributed by atoms with Gasteiger partial charge in [0, 0.05) is 5.69 Å². The first kappa shape index (κ1) is 15.0. The van der Waals surface area contributed by atoms with E-state index in [0.29, 0.717) is 0 Å². The molecule has 1 aliphatic rings. The summed E-state index contributed by atoms with van der Waals surface area (Å²) in [6.45, 7) is 7.91. The Bertz CT molecular complexity index is 473. The minimum absolute atomic E-state index is 0.162. The van der Waals surface area contributed by atoms with Crippen LogP contribution in [0, 0.1) is 19.3 Å². The summed E-state index contributed by atoms with van der Waals surface area (Å²) in [7, 11) is 0. The minimum atomic E-state index is -0.211. The molecule has 4 heteroatoms. The highest BCUT2D eigenvalue weighted by Gasteiger charge is 2.38. The summed E-state index contributed by atoms with van der Waals surface area (Å²) in [5.41, 5.74) is 2.50.